The molecule has 1 fully saturated rings. The fourth-order valence-corrected chi connectivity index (χ4v) is 3.69. The molecule has 2 aliphatic rings. The number of hydrazine groups is 1. The van der Waals surface area contributed by atoms with Gasteiger partial charge in [-0.05, 0) is 36.4 Å². The molecular weight excluding hydrogens is 391 g/mol. The molecule has 1 atom stereocenters. The first-order valence-corrected chi connectivity index (χ1v) is 8.65. The predicted molar refractivity (Wildman–Crippen MR) is 97.3 cm³/mol. The summed E-state index contributed by atoms with van der Waals surface area (Å²) in [5, 5.41) is 2.87. The molecule has 0 saturated carbocycles. The minimum atomic E-state index is -1.50. The van der Waals surface area contributed by atoms with Crippen molar-refractivity contribution < 1.29 is 23.5 Å². The Balaban J connectivity index is 1.85. The summed E-state index contributed by atoms with van der Waals surface area (Å²) in [6.45, 7) is 0.148. The topological polar surface area (TPSA) is 114 Å². The summed E-state index contributed by atoms with van der Waals surface area (Å²) >= 11 is 5.94. The first-order chi connectivity index (χ1) is 13.4. The number of urea groups is 1. The second-order valence-electron chi connectivity index (χ2n) is 6.35. The van der Waals surface area contributed by atoms with Gasteiger partial charge < -0.3 is 10.1 Å². The second-order valence-corrected chi connectivity index (χ2v) is 6.79. The highest BCUT2D eigenvalue weighted by molar-refractivity contribution is 6.32. The molecule has 4 rings (SSSR count). The Morgan fingerprint density at radius 3 is 2.82 bits per heavy atom. The van der Waals surface area contributed by atoms with E-state index < -0.39 is 29.2 Å². The van der Waals surface area contributed by atoms with Crippen LogP contribution in [0.25, 0.3) is 0 Å². The van der Waals surface area contributed by atoms with Crippen LogP contribution in [0.4, 0.5) is 14.9 Å². The molecule has 2 aromatic rings. The van der Waals surface area contributed by atoms with Crippen molar-refractivity contribution in [1.29, 1.82) is 0 Å². The number of hydrogen-bond acceptors (Lipinski definition) is 5. The van der Waals surface area contributed by atoms with Gasteiger partial charge in [-0.15, -0.1) is 0 Å². The van der Waals surface area contributed by atoms with E-state index in [9.17, 15) is 18.8 Å². The highest BCUT2D eigenvalue weighted by Gasteiger charge is 2.56. The second kappa shape index (κ2) is 6.47. The van der Waals surface area contributed by atoms with Gasteiger partial charge in [0.15, 0.2) is 5.54 Å². The summed E-state index contributed by atoms with van der Waals surface area (Å²) in [6.07, 6.45) is 0.108. The van der Waals surface area contributed by atoms with Gasteiger partial charge in [-0.2, -0.15) is 0 Å². The van der Waals surface area contributed by atoms with Crippen molar-refractivity contribution in [3.8, 4) is 5.75 Å². The van der Waals surface area contributed by atoms with Crippen LogP contribution in [0.2, 0.25) is 5.02 Å². The summed E-state index contributed by atoms with van der Waals surface area (Å²) < 4.78 is 19.4. The summed E-state index contributed by atoms with van der Waals surface area (Å²) in [5.41, 5.74) is 0.640. The summed E-state index contributed by atoms with van der Waals surface area (Å²) in [7, 11) is 0. The van der Waals surface area contributed by atoms with Gasteiger partial charge >= 0.3 is 6.03 Å². The fraction of sp³-hybridized carbons (Fsp3) is 0.167. The van der Waals surface area contributed by atoms with Crippen LogP contribution in [0, 0.1) is 5.82 Å². The van der Waals surface area contributed by atoms with E-state index in [4.69, 9.17) is 22.2 Å². The Labute approximate surface area is 163 Å². The van der Waals surface area contributed by atoms with E-state index in [0.29, 0.717) is 5.75 Å². The van der Waals surface area contributed by atoms with E-state index in [0.717, 1.165) is 11.0 Å². The van der Waals surface area contributed by atoms with Crippen molar-refractivity contribution >= 4 is 35.1 Å². The van der Waals surface area contributed by atoms with Gasteiger partial charge in [0.1, 0.15) is 11.6 Å². The minimum absolute atomic E-state index is 0.0103. The first-order valence-electron chi connectivity index (χ1n) is 8.27. The number of nitrogen functional groups attached to an aromatic ring is 1. The number of nitrogens with one attached hydrogen (secondary N) is 2. The van der Waals surface area contributed by atoms with E-state index in [2.05, 4.69) is 5.32 Å². The molecule has 0 aromatic heterocycles. The number of halogens is 2. The average Bonchev–Trinajstić information content (AvgIpc) is 2.92. The highest BCUT2D eigenvalue weighted by Crippen LogP contribution is 2.43. The summed E-state index contributed by atoms with van der Waals surface area (Å²) in [5.74, 6) is 3.56. The molecule has 28 heavy (non-hydrogen) atoms. The monoisotopic (exact) mass is 404 g/mol. The zero-order valence-corrected chi connectivity index (χ0v) is 15.0. The summed E-state index contributed by atoms with van der Waals surface area (Å²) in [4.78, 5) is 39.1. The molecule has 1 saturated heterocycles. The van der Waals surface area contributed by atoms with E-state index >= 15 is 0 Å². The Kier molecular flexibility index (Phi) is 4.20. The molecule has 0 radical (unpaired) electrons. The van der Waals surface area contributed by atoms with Crippen molar-refractivity contribution in [2.75, 3.05) is 11.5 Å². The molecule has 4 amide bonds. The SMILES string of the molecule is NNC(=O)c1cc(Cl)ccc1N1C(=O)N[C@]2(CCOc3ccc(F)cc32)C1=O. The number of nitrogens with zero attached hydrogens (tertiary/aromatic N) is 1. The quantitative estimate of drug-likeness (QED) is 0.306. The number of anilines is 1. The van der Waals surface area contributed by atoms with Crippen LogP contribution < -0.4 is 26.2 Å². The van der Waals surface area contributed by atoms with Crippen LogP contribution in [-0.2, 0) is 10.3 Å². The molecule has 8 nitrogen and oxygen atoms in total. The smallest absolute Gasteiger partial charge is 0.329 e. The molecule has 4 N–H and O–H groups in total. The van der Waals surface area contributed by atoms with Gasteiger partial charge in [-0.3, -0.25) is 15.0 Å². The van der Waals surface area contributed by atoms with Gasteiger partial charge in [0.2, 0.25) is 0 Å². The maximum absolute atomic E-state index is 13.9. The largest absolute Gasteiger partial charge is 0.493 e. The van der Waals surface area contributed by atoms with Crippen LogP contribution in [0.15, 0.2) is 36.4 Å². The van der Waals surface area contributed by atoms with Gasteiger partial charge in [-0.1, -0.05) is 11.6 Å². The summed E-state index contributed by atoms with van der Waals surface area (Å²) in [6, 6.07) is 7.12. The number of imide groups is 1. The van der Waals surface area contributed by atoms with E-state index in [1.54, 1.807) is 0 Å². The fourth-order valence-electron chi connectivity index (χ4n) is 3.52. The number of rotatable bonds is 2. The lowest BCUT2D eigenvalue weighted by atomic mass is 9.84. The zero-order chi connectivity index (χ0) is 20.1. The Hall–Kier alpha value is -3.17. The van der Waals surface area contributed by atoms with Crippen molar-refractivity contribution in [3.63, 3.8) is 0 Å². The predicted octanol–water partition coefficient (Wildman–Crippen LogP) is 1.82. The van der Waals surface area contributed by atoms with Crippen molar-refractivity contribution in [2.45, 2.75) is 12.0 Å². The molecule has 2 heterocycles. The lowest BCUT2D eigenvalue weighted by Crippen LogP contribution is -2.47. The third-order valence-electron chi connectivity index (χ3n) is 4.80. The van der Waals surface area contributed by atoms with Gasteiger partial charge in [-0.25, -0.2) is 19.9 Å². The molecule has 144 valence electrons. The molecule has 0 unspecified atom stereocenters. The molecule has 0 aliphatic carbocycles. The van der Waals surface area contributed by atoms with Gasteiger partial charge in [0.25, 0.3) is 11.8 Å². The lowest BCUT2D eigenvalue weighted by molar-refractivity contribution is -0.123. The van der Waals surface area contributed by atoms with E-state index in [-0.39, 0.29) is 34.9 Å². The molecule has 10 heteroatoms. The van der Waals surface area contributed by atoms with Crippen LogP contribution >= 0.6 is 11.6 Å². The number of carbonyl (C=O) groups is 3. The molecule has 0 bridgehead atoms. The number of benzene rings is 2. The maximum Gasteiger partial charge on any atom is 0.329 e. The Bertz CT molecular complexity index is 1030. The van der Waals surface area contributed by atoms with Crippen LogP contribution in [0.1, 0.15) is 22.3 Å². The number of carbonyl (C=O) groups excluding carboxylic acids is 3. The average molecular weight is 405 g/mol. The lowest BCUT2D eigenvalue weighted by Gasteiger charge is -2.33. The minimum Gasteiger partial charge on any atom is -0.493 e. The molecular formula is C18H14ClFN4O4. The third kappa shape index (κ3) is 2.59. The maximum atomic E-state index is 13.9. The van der Waals surface area contributed by atoms with Crippen LogP contribution in [0.5, 0.6) is 5.75 Å². The first kappa shape index (κ1) is 18.2. The van der Waals surface area contributed by atoms with Crippen molar-refractivity contribution in [3.05, 3.63) is 58.4 Å². The number of nitrogens with two attached hydrogens (primary N) is 1. The number of amides is 4. The zero-order valence-electron chi connectivity index (χ0n) is 14.3. The number of hydrogen-bond donors (Lipinski definition) is 3. The van der Waals surface area contributed by atoms with Crippen molar-refractivity contribution in [2.24, 2.45) is 5.84 Å². The van der Waals surface area contributed by atoms with Gasteiger partial charge in [0.05, 0.1) is 17.9 Å². The van der Waals surface area contributed by atoms with E-state index in [1.165, 1.54) is 30.3 Å². The molecule has 1 spiro atoms. The molecule has 2 aromatic carbocycles. The normalized spacial score (nSPS) is 20.6. The Morgan fingerprint density at radius 1 is 1.29 bits per heavy atom. The van der Waals surface area contributed by atoms with Crippen molar-refractivity contribution in [1.82, 2.24) is 10.7 Å². The van der Waals surface area contributed by atoms with Crippen LogP contribution in [-0.4, -0.2) is 24.5 Å². The standard InChI is InChI=1S/C18H14ClFN4O4/c19-9-1-3-13(11(7-9)15(25)23-21)24-16(26)18(22-17(24)27)5-6-28-14-4-2-10(20)8-12(14)18/h1-4,7-8H,5-6,21H2,(H,22,27)(H,23,25)/t18-/m0/s1. The molecule has 2 aliphatic heterocycles. The highest BCUT2D eigenvalue weighted by atomic mass is 35.5. The Morgan fingerprint density at radius 2 is 2.07 bits per heavy atom. The van der Waals surface area contributed by atoms with E-state index in [1.807, 2.05) is 5.43 Å². The van der Waals surface area contributed by atoms with Gasteiger partial charge in [0, 0.05) is 17.0 Å². The van der Waals surface area contributed by atoms with Crippen LogP contribution in [0.3, 0.4) is 0 Å². The number of fused-ring (bicyclic) bond motifs is 2. The number of ether oxygens (including phenoxy) is 1. The third-order valence-corrected chi connectivity index (χ3v) is 5.04.